The van der Waals surface area contributed by atoms with Gasteiger partial charge in [-0.15, -0.1) is 0 Å². The van der Waals surface area contributed by atoms with Gasteiger partial charge < -0.3 is 15.1 Å². The number of carboxylic acids is 2. The molecule has 0 aromatic rings. The van der Waals surface area contributed by atoms with Crippen LogP contribution < -0.4 is 4.90 Å². The van der Waals surface area contributed by atoms with E-state index >= 15 is 0 Å². The van der Waals surface area contributed by atoms with Crippen molar-refractivity contribution in [2.45, 2.75) is 46.5 Å². The Hall–Kier alpha value is -1.10. The molecule has 0 saturated carbocycles. The second-order valence-electron chi connectivity index (χ2n) is 4.63. The van der Waals surface area contributed by atoms with Crippen LogP contribution >= 0.6 is 0 Å². The molecule has 108 valence electrons. The molecule has 18 heavy (non-hydrogen) atoms. The van der Waals surface area contributed by atoms with E-state index in [2.05, 4.69) is 14.0 Å². The molecule has 3 N–H and O–H groups in total. The zero-order chi connectivity index (χ0) is 14.6. The molecule has 1 saturated heterocycles. The fourth-order valence-electron chi connectivity index (χ4n) is 1.25. The molecule has 0 aromatic carbocycles. The normalized spacial score (nSPS) is 21.8. The molecular weight excluding hydrogens is 234 g/mol. The van der Waals surface area contributed by atoms with Crippen molar-refractivity contribution < 1.29 is 24.7 Å². The summed E-state index contributed by atoms with van der Waals surface area (Å²) in [5, 5.41) is 15.4. The van der Waals surface area contributed by atoms with Gasteiger partial charge in [0, 0.05) is 12.8 Å². The SMILES string of the molecule is CC1CC[NH+](C)CC1.CCC(=O)O.CCC(=O)O. The van der Waals surface area contributed by atoms with Crippen LogP contribution in [0.2, 0.25) is 0 Å². The molecule has 1 aliphatic heterocycles. The van der Waals surface area contributed by atoms with Crippen LogP contribution in [0.5, 0.6) is 0 Å². The second-order valence-corrected chi connectivity index (χ2v) is 4.63. The van der Waals surface area contributed by atoms with Gasteiger partial charge in [-0.05, 0) is 18.8 Å². The maximum absolute atomic E-state index is 9.37. The molecule has 1 fully saturated rings. The number of carbonyl (C=O) groups is 2. The van der Waals surface area contributed by atoms with Crippen molar-refractivity contribution in [3.63, 3.8) is 0 Å². The van der Waals surface area contributed by atoms with Gasteiger partial charge >= 0.3 is 11.9 Å². The number of aliphatic carboxylic acids is 2. The first-order valence-electron chi connectivity index (χ1n) is 6.58. The molecule has 1 heterocycles. The van der Waals surface area contributed by atoms with Crippen LogP contribution in [-0.2, 0) is 9.59 Å². The number of carboxylic acid groups (broad SMARTS) is 2. The third-order valence-corrected chi connectivity index (χ3v) is 2.73. The summed E-state index contributed by atoms with van der Waals surface area (Å²) in [7, 11) is 2.28. The van der Waals surface area contributed by atoms with Gasteiger partial charge in [0.25, 0.3) is 0 Å². The molecule has 5 heteroatoms. The molecular formula is C13H28NO4+. The molecule has 0 aliphatic carbocycles. The molecule has 5 nitrogen and oxygen atoms in total. The first-order chi connectivity index (χ1) is 8.33. The van der Waals surface area contributed by atoms with E-state index < -0.39 is 11.9 Å². The Labute approximate surface area is 110 Å². The van der Waals surface area contributed by atoms with E-state index in [-0.39, 0.29) is 12.8 Å². The van der Waals surface area contributed by atoms with Gasteiger partial charge in [-0.25, -0.2) is 0 Å². The average molecular weight is 262 g/mol. The lowest BCUT2D eigenvalue weighted by Gasteiger charge is -2.23. The lowest BCUT2D eigenvalue weighted by Crippen LogP contribution is -3.10. The highest BCUT2D eigenvalue weighted by Gasteiger charge is 2.13. The monoisotopic (exact) mass is 262 g/mol. The number of hydrogen-bond acceptors (Lipinski definition) is 2. The van der Waals surface area contributed by atoms with Crippen LogP contribution in [-0.4, -0.2) is 42.3 Å². The van der Waals surface area contributed by atoms with Crippen molar-refractivity contribution in [2.75, 3.05) is 20.1 Å². The number of quaternary nitrogens is 1. The van der Waals surface area contributed by atoms with Crippen molar-refractivity contribution in [3.05, 3.63) is 0 Å². The van der Waals surface area contributed by atoms with Gasteiger partial charge in [-0.2, -0.15) is 0 Å². The van der Waals surface area contributed by atoms with Crippen LogP contribution in [0, 0.1) is 5.92 Å². The smallest absolute Gasteiger partial charge is 0.303 e. The molecule has 1 rings (SSSR count). The van der Waals surface area contributed by atoms with Crippen LogP contribution in [0.25, 0.3) is 0 Å². The van der Waals surface area contributed by atoms with Crippen molar-refractivity contribution in [2.24, 2.45) is 5.92 Å². The van der Waals surface area contributed by atoms with Gasteiger partial charge in [-0.1, -0.05) is 20.8 Å². The van der Waals surface area contributed by atoms with Gasteiger partial charge in [-0.3, -0.25) is 9.59 Å². The van der Waals surface area contributed by atoms with Crippen molar-refractivity contribution in [1.29, 1.82) is 0 Å². The fourth-order valence-corrected chi connectivity index (χ4v) is 1.25. The Bertz CT molecular complexity index is 199. The number of hydrogen-bond donors (Lipinski definition) is 3. The van der Waals surface area contributed by atoms with E-state index in [0.717, 1.165) is 5.92 Å². The number of nitrogens with one attached hydrogen (secondary N) is 1. The Morgan fingerprint density at radius 1 is 1.06 bits per heavy atom. The highest BCUT2D eigenvalue weighted by atomic mass is 16.4. The molecule has 0 bridgehead atoms. The average Bonchev–Trinajstić information content (AvgIpc) is 2.34. The molecule has 0 amide bonds. The summed E-state index contributed by atoms with van der Waals surface area (Å²) in [5.41, 5.74) is 0. The van der Waals surface area contributed by atoms with E-state index in [1.165, 1.54) is 25.9 Å². The van der Waals surface area contributed by atoms with Gasteiger partial charge in [0.2, 0.25) is 0 Å². The summed E-state index contributed by atoms with van der Waals surface area (Å²) in [6, 6.07) is 0. The topological polar surface area (TPSA) is 79.0 Å². The number of likely N-dealkylation sites (tertiary alicyclic amines) is 1. The minimum atomic E-state index is -0.745. The maximum atomic E-state index is 9.37. The first kappa shape index (κ1) is 19.2. The minimum Gasteiger partial charge on any atom is -0.481 e. The Kier molecular flexibility index (Phi) is 13.2. The van der Waals surface area contributed by atoms with Crippen molar-refractivity contribution in [1.82, 2.24) is 0 Å². The van der Waals surface area contributed by atoms with E-state index in [0.29, 0.717) is 0 Å². The molecule has 0 unspecified atom stereocenters. The zero-order valence-corrected chi connectivity index (χ0v) is 12.0. The predicted octanol–water partition coefficient (Wildman–Crippen LogP) is 0.893. The summed E-state index contributed by atoms with van der Waals surface area (Å²) >= 11 is 0. The molecule has 0 atom stereocenters. The summed E-state index contributed by atoms with van der Waals surface area (Å²) in [6.45, 7) is 8.33. The fraction of sp³-hybridized carbons (Fsp3) is 0.846. The maximum Gasteiger partial charge on any atom is 0.303 e. The zero-order valence-electron chi connectivity index (χ0n) is 12.0. The van der Waals surface area contributed by atoms with Gasteiger partial charge in [0.1, 0.15) is 0 Å². The highest BCUT2D eigenvalue weighted by molar-refractivity contribution is 5.66. The lowest BCUT2D eigenvalue weighted by atomic mass is 10.00. The molecule has 1 aliphatic rings. The molecule has 0 spiro atoms. The van der Waals surface area contributed by atoms with Crippen LogP contribution in [0.3, 0.4) is 0 Å². The van der Waals surface area contributed by atoms with E-state index in [1.807, 2.05) is 0 Å². The number of piperidine rings is 1. The largest absolute Gasteiger partial charge is 0.481 e. The summed E-state index contributed by atoms with van der Waals surface area (Å²) < 4.78 is 0. The molecule has 0 aromatic heterocycles. The van der Waals surface area contributed by atoms with Crippen molar-refractivity contribution >= 4 is 11.9 Å². The standard InChI is InChI=1S/C7H15N.2C3H6O2/c1-7-3-5-8(2)6-4-7;2*1-2-3(4)5/h7H,3-6H2,1-2H3;2*2H2,1H3,(H,4,5)/p+1. The Morgan fingerprint density at radius 2 is 1.33 bits per heavy atom. The summed E-state index contributed by atoms with van der Waals surface area (Å²) in [4.78, 5) is 20.4. The second kappa shape index (κ2) is 12.4. The van der Waals surface area contributed by atoms with Gasteiger partial charge in [0.15, 0.2) is 0 Å². The lowest BCUT2D eigenvalue weighted by molar-refractivity contribution is -0.885. The van der Waals surface area contributed by atoms with Crippen molar-refractivity contribution in [3.8, 4) is 0 Å². The first-order valence-corrected chi connectivity index (χ1v) is 6.58. The van der Waals surface area contributed by atoms with Gasteiger partial charge in [0.05, 0.1) is 20.1 Å². The number of rotatable bonds is 2. The van der Waals surface area contributed by atoms with E-state index in [1.54, 1.807) is 18.7 Å². The Morgan fingerprint density at radius 3 is 1.50 bits per heavy atom. The van der Waals surface area contributed by atoms with E-state index in [4.69, 9.17) is 10.2 Å². The van der Waals surface area contributed by atoms with Crippen LogP contribution in [0.15, 0.2) is 0 Å². The third kappa shape index (κ3) is 17.3. The summed E-state index contributed by atoms with van der Waals surface area (Å²) in [6.07, 6.45) is 3.32. The highest BCUT2D eigenvalue weighted by Crippen LogP contribution is 2.05. The van der Waals surface area contributed by atoms with Crippen LogP contribution in [0.1, 0.15) is 46.5 Å². The molecule has 0 radical (unpaired) electrons. The quantitative estimate of drug-likeness (QED) is 0.690. The van der Waals surface area contributed by atoms with Crippen LogP contribution in [0.4, 0.5) is 0 Å². The summed E-state index contributed by atoms with van der Waals surface area (Å²) in [5.74, 6) is -0.492. The Balaban J connectivity index is 0. The predicted molar refractivity (Wildman–Crippen MR) is 70.9 cm³/mol. The minimum absolute atomic E-state index is 0.222. The van der Waals surface area contributed by atoms with E-state index in [9.17, 15) is 9.59 Å². The third-order valence-electron chi connectivity index (χ3n) is 2.73.